The third kappa shape index (κ3) is 4.88. The molecule has 0 radical (unpaired) electrons. The Kier molecular flexibility index (Phi) is 7.54. The Morgan fingerprint density at radius 1 is 1.00 bits per heavy atom. The van der Waals surface area contributed by atoms with Gasteiger partial charge in [-0.25, -0.2) is 4.99 Å². The summed E-state index contributed by atoms with van der Waals surface area (Å²) in [6.45, 7) is 14.7. The van der Waals surface area contributed by atoms with Gasteiger partial charge in [-0.3, -0.25) is 19.2 Å². The molecule has 0 aliphatic carbocycles. The number of carbonyl (C=O) groups is 4. The molecule has 11 nitrogen and oxygen atoms in total. The van der Waals surface area contributed by atoms with Crippen molar-refractivity contribution < 1.29 is 34.1 Å². The number of carboxylic acid groups (broad SMARTS) is 2. The highest BCUT2D eigenvalue weighted by atomic mass is 16.5. The summed E-state index contributed by atoms with van der Waals surface area (Å²) in [5, 5.41) is 26.5. The first-order valence-electron chi connectivity index (χ1n) is 14.2. The number of aliphatic carboxylic acids is 2. The minimum Gasteiger partial charge on any atom is -0.481 e. The van der Waals surface area contributed by atoms with E-state index in [1.54, 1.807) is 32.1 Å². The van der Waals surface area contributed by atoms with Crippen LogP contribution >= 0.6 is 0 Å². The lowest BCUT2D eigenvalue weighted by Crippen LogP contribution is -2.46. The van der Waals surface area contributed by atoms with E-state index in [0.717, 1.165) is 11.1 Å². The number of rotatable bonds is 10. The van der Waals surface area contributed by atoms with Gasteiger partial charge in [-0.2, -0.15) is 0 Å². The predicted octanol–water partition coefficient (Wildman–Crippen LogP) is 2.11. The molecule has 1 aromatic heterocycles. The fourth-order valence-corrected chi connectivity index (χ4v) is 6.24. The number of aliphatic imine (C=N–C) groups is 1. The second-order valence-corrected chi connectivity index (χ2v) is 11.3. The van der Waals surface area contributed by atoms with E-state index >= 15 is 0 Å². The van der Waals surface area contributed by atoms with Crippen LogP contribution in [0.2, 0.25) is 0 Å². The van der Waals surface area contributed by atoms with Crippen molar-refractivity contribution in [3.8, 4) is 0 Å². The van der Waals surface area contributed by atoms with E-state index < -0.39 is 23.3 Å². The number of nitrogens with one attached hydrogen (secondary N) is 3. The molecular weight excluding hydrogens is 564 g/mol. The number of ether oxygens (including phenoxy) is 1. The molecule has 0 saturated carbocycles. The third-order valence-electron chi connectivity index (χ3n) is 8.73. The lowest BCUT2D eigenvalue weighted by atomic mass is 9.91. The van der Waals surface area contributed by atoms with Crippen molar-refractivity contribution in [1.82, 2.24) is 15.6 Å². The predicted molar refractivity (Wildman–Crippen MR) is 163 cm³/mol. The fourth-order valence-electron chi connectivity index (χ4n) is 6.24. The van der Waals surface area contributed by atoms with E-state index in [0.29, 0.717) is 55.7 Å². The van der Waals surface area contributed by atoms with Gasteiger partial charge in [0.2, 0.25) is 0 Å². The molecule has 0 bridgehead atoms. The monoisotopic (exact) mass is 598 g/mol. The number of fused-ring (bicyclic) bond motifs is 1. The first kappa shape index (κ1) is 30.4. The van der Waals surface area contributed by atoms with Gasteiger partial charge in [-0.1, -0.05) is 25.3 Å². The summed E-state index contributed by atoms with van der Waals surface area (Å²) in [5.74, 6) is -2.58. The molecule has 5 rings (SSSR count). The third-order valence-corrected chi connectivity index (χ3v) is 8.73. The van der Waals surface area contributed by atoms with Crippen molar-refractivity contribution >= 4 is 41.6 Å². The summed E-state index contributed by atoms with van der Waals surface area (Å²) < 4.78 is 6.60. The van der Waals surface area contributed by atoms with Crippen LogP contribution in [0.1, 0.15) is 51.2 Å². The molecule has 4 aliphatic heterocycles. The van der Waals surface area contributed by atoms with Crippen molar-refractivity contribution in [2.45, 2.75) is 64.7 Å². The first-order valence-corrected chi connectivity index (χ1v) is 14.2. The Hall–Kier alpha value is -5.03. The maximum Gasteiger partial charge on any atom is 0.303 e. The van der Waals surface area contributed by atoms with Crippen LogP contribution in [0.3, 0.4) is 0 Å². The topological polar surface area (TPSA) is 170 Å². The van der Waals surface area contributed by atoms with Gasteiger partial charge in [-0.05, 0) is 81.0 Å². The Balaban J connectivity index is 1.65. The van der Waals surface area contributed by atoms with E-state index in [9.17, 15) is 29.4 Å². The maximum atomic E-state index is 12.6. The number of carboxylic acids is 2. The average molecular weight is 599 g/mol. The largest absolute Gasteiger partial charge is 0.481 e. The van der Waals surface area contributed by atoms with E-state index in [1.165, 1.54) is 6.08 Å². The number of aromatic amines is 1. The van der Waals surface area contributed by atoms with Crippen LogP contribution < -0.4 is 21.3 Å². The number of hydrogen-bond acceptors (Lipinski definition) is 6. The molecule has 0 saturated heterocycles. The second-order valence-electron chi connectivity index (χ2n) is 11.3. The number of hydrogen-bond donors (Lipinski definition) is 5. The number of allylic oxidation sites excluding steroid dienone is 3. The summed E-state index contributed by atoms with van der Waals surface area (Å²) in [6.07, 6.45) is 8.52. The summed E-state index contributed by atoms with van der Waals surface area (Å²) in [7, 11) is 0. The Labute approximate surface area is 253 Å². The number of carbonyl (C=O) groups excluding carboxylic acids is 2. The lowest BCUT2D eigenvalue weighted by Gasteiger charge is -2.32. The van der Waals surface area contributed by atoms with E-state index in [2.05, 4.69) is 33.8 Å². The van der Waals surface area contributed by atoms with Gasteiger partial charge in [0.1, 0.15) is 5.60 Å². The molecule has 228 valence electrons. The lowest BCUT2D eigenvalue weighted by molar-refractivity contribution is -0.138. The van der Waals surface area contributed by atoms with Crippen molar-refractivity contribution in [2.75, 3.05) is 0 Å². The molecule has 0 aromatic carbocycles. The Morgan fingerprint density at radius 2 is 1.66 bits per heavy atom. The zero-order valence-corrected chi connectivity index (χ0v) is 25.0. The Morgan fingerprint density at radius 3 is 2.27 bits per heavy atom. The number of aromatic nitrogens is 1. The second kappa shape index (κ2) is 10.9. The van der Waals surface area contributed by atoms with Gasteiger partial charge in [0, 0.05) is 46.0 Å². The van der Waals surface area contributed by atoms with Crippen molar-refractivity contribution in [3.05, 3.63) is 92.5 Å². The minimum atomic E-state index is -1.20. The van der Waals surface area contributed by atoms with Crippen molar-refractivity contribution in [2.24, 2.45) is 4.99 Å². The normalized spacial score (nSPS) is 25.2. The number of amides is 2. The molecule has 1 spiro atoms. The van der Waals surface area contributed by atoms with Crippen LogP contribution in [0, 0.1) is 6.92 Å². The van der Waals surface area contributed by atoms with Crippen molar-refractivity contribution in [3.63, 3.8) is 0 Å². The van der Waals surface area contributed by atoms with Crippen LogP contribution in [0.25, 0.3) is 12.2 Å². The SMILES string of the molecule is C=CC1=C(C)C(=O)N=C1/C=c1/[nH]/c(=C/C2=C(CCC(=O)O)C3(C)OC4(C=C3N2)NC(=O)C(C=C)=C4C)c(CCC(=O)O)c1C. The molecule has 4 aliphatic rings. The minimum absolute atomic E-state index is 0.112. The highest BCUT2D eigenvalue weighted by Gasteiger charge is 2.57. The molecule has 11 heteroatoms. The molecule has 0 fully saturated rings. The van der Waals surface area contributed by atoms with Gasteiger partial charge < -0.3 is 30.6 Å². The van der Waals surface area contributed by atoms with Gasteiger partial charge >= 0.3 is 11.9 Å². The summed E-state index contributed by atoms with van der Waals surface area (Å²) in [5.41, 5.74) is 3.81. The maximum absolute atomic E-state index is 12.6. The van der Waals surface area contributed by atoms with Crippen LogP contribution in [0.4, 0.5) is 0 Å². The quantitative estimate of drug-likeness (QED) is 0.273. The summed E-state index contributed by atoms with van der Waals surface area (Å²) >= 11 is 0. The smallest absolute Gasteiger partial charge is 0.303 e. The van der Waals surface area contributed by atoms with Crippen LogP contribution in [0.5, 0.6) is 0 Å². The zero-order chi connectivity index (χ0) is 32.1. The molecule has 44 heavy (non-hydrogen) atoms. The zero-order valence-electron chi connectivity index (χ0n) is 25.0. The molecule has 2 amide bonds. The van der Waals surface area contributed by atoms with Crippen LogP contribution in [-0.4, -0.2) is 56.0 Å². The summed E-state index contributed by atoms with van der Waals surface area (Å²) in [4.78, 5) is 55.6. The van der Waals surface area contributed by atoms with Crippen molar-refractivity contribution in [1.29, 1.82) is 0 Å². The molecule has 5 heterocycles. The molecule has 1 aromatic rings. The van der Waals surface area contributed by atoms with Gasteiger partial charge in [0.05, 0.1) is 11.4 Å². The first-order chi connectivity index (χ1) is 20.7. The summed E-state index contributed by atoms with van der Waals surface area (Å²) in [6, 6.07) is 0. The molecule has 2 unspecified atom stereocenters. The van der Waals surface area contributed by atoms with Gasteiger partial charge in [0.25, 0.3) is 11.8 Å². The number of nitrogens with zero attached hydrogens (tertiary/aromatic N) is 1. The Bertz CT molecular complexity index is 1870. The van der Waals surface area contributed by atoms with Crippen LogP contribution in [0.15, 0.2) is 75.6 Å². The van der Waals surface area contributed by atoms with Crippen LogP contribution in [-0.2, 0) is 30.3 Å². The fraction of sp³-hybridized carbons (Fsp3) is 0.303. The van der Waals surface area contributed by atoms with E-state index in [4.69, 9.17) is 4.74 Å². The van der Waals surface area contributed by atoms with E-state index in [1.807, 2.05) is 19.9 Å². The average Bonchev–Trinajstić information content (AvgIpc) is 3.63. The molecular formula is C33H34N4O7. The standard InChI is InChI=1S/C33H34N4O7/c1-7-19-17(4)30(42)36-24(19)13-23-16(3)21(9-11-28(38)39)25(34-23)14-26-22(10-12-29(40)41)32(6)27(35-26)15-33(44-32)18(5)20(8-2)31(43)37-33/h7-8,13-15,34-35H,1-2,9-12H2,3-6H3,(H,37,43)(H,38,39)(H,40,41)/b23-13+,25-14+. The van der Waals surface area contributed by atoms with Gasteiger partial charge in [-0.15, -0.1) is 0 Å². The highest BCUT2D eigenvalue weighted by molar-refractivity contribution is 6.32. The highest BCUT2D eigenvalue weighted by Crippen LogP contribution is 2.50. The molecule has 2 atom stereocenters. The van der Waals surface area contributed by atoms with Gasteiger partial charge in [0.15, 0.2) is 5.72 Å². The van der Waals surface area contributed by atoms with E-state index in [-0.39, 0.29) is 37.5 Å². The molecule has 5 N–H and O–H groups in total. The number of H-pyrrole nitrogens is 1.